The molecule has 104 valence electrons. The maximum absolute atomic E-state index is 11.9. The van der Waals surface area contributed by atoms with Gasteiger partial charge >= 0.3 is 5.97 Å². The highest BCUT2D eigenvalue weighted by atomic mass is 16.6. The van der Waals surface area contributed by atoms with Crippen LogP contribution < -0.4 is 0 Å². The lowest BCUT2D eigenvalue weighted by atomic mass is 9.84. The van der Waals surface area contributed by atoms with Crippen molar-refractivity contribution in [1.29, 1.82) is 0 Å². The first-order valence-corrected chi connectivity index (χ1v) is 6.91. The molecule has 0 saturated carbocycles. The summed E-state index contributed by atoms with van der Waals surface area (Å²) in [5.41, 5.74) is 1.12. The van der Waals surface area contributed by atoms with Crippen LogP contribution in [0.5, 0.6) is 0 Å². The number of carbonyl (C=O) groups excluding carboxylic acids is 2. The van der Waals surface area contributed by atoms with Crippen molar-refractivity contribution in [3.05, 3.63) is 47.5 Å². The zero-order chi connectivity index (χ0) is 14.2. The van der Waals surface area contributed by atoms with Crippen molar-refractivity contribution in [2.75, 3.05) is 13.1 Å². The van der Waals surface area contributed by atoms with Crippen LogP contribution in [0.25, 0.3) is 0 Å². The summed E-state index contributed by atoms with van der Waals surface area (Å²) in [7, 11) is 0. The highest BCUT2D eigenvalue weighted by Gasteiger charge is 2.47. The lowest BCUT2D eigenvalue weighted by Gasteiger charge is -2.38. The van der Waals surface area contributed by atoms with Gasteiger partial charge in [-0.15, -0.1) is 0 Å². The highest BCUT2D eigenvalue weighted by molar-refractivity contribution is 5.95. The van der Waals surface area contributed by atoms with Gasteiger partial charge in [0.05, 0.1) is 5.56 Å². The Kier molecular flexibility index (Phi) is 3.08. The average Bonchev–Trinajstić information content (AvgIpc) is 2.74. The van der Waals surface area contributed by atoms with Gasteiger partial charge in [0.15, 0.2) is 0 Å². The lowest BCUT2D eigenvalue weighted by Crippen LogP contribution is -2.44. The van der Waals surface area contributed by atoms with Gasteiger partial charge in [-0.05, 0) is 19.1 Å². The fraction of sp³-hybridized carbons (Fsp3) is 0.375. The molecule has 1 amide bonds. The third-order valence-corrected chi connectivity index (χ3v) is 4.12. The normalized spacial score (nSPS) is 20.2. The third-order valence-electron chi connectivity index (χ3n) is 4.12. The van der Waals surface area contributed by atoms with E-state index in [0.717, 1.165) is 5.56 Å². The number of esters is 1. The van der Waals surface area contributed by atoms with E-state index in [4.69, 9.17) is 4.74 Å². The van der Waals surface area contributed by atoms with Crippen LogP contribution in [0.15, 0.2) is 36.4 Å². The summed E-state index contributed by atoms with van der Waals surface area (Å²) in [6, 6.07) is 7.55. The minimum absolute atomic E-state index is 0.0277. The number of allylic oxidation sites excluding steroid dienone is 1. The number of rotatable bonds is 1. The van der Waals surface area contributed by atoms with Gasteiger partial charge in [-0.1, -0.05) is 24.3 Å². The number of nitrogens with zero attached hydrogens (tertiary/aromatic N) is 1. The SMILES string of the molecule is C/C=C/C(=O)N1CCC2(CC1)OC(=O)c1ccccc12. The van der Waals surface area contributed by atoms with E-state index in [2.05, 4.69) is 0 Å². The molecule has 0 unspecified atom stereocenters. The summed E-state index contributed by atoms with van der Waals surface area (Å²) in [5, 5.41) is 0. The van der Waals surface area contributed by atoms with E-state index < -0.39 is 5.60 Å². The van der Waals surface area contributed by atoms with Gasteiger partial charge in [0.1, 0.15) is 5.60 Å². The second kappa shape index (κ2) is 4.78. The summed E-state index contributed by atoms with van der Waals surface area (Å²) >= 11 is 0. The minimum atomic E-state index is -0.527. The van der Waals surface area contributed by atoms with E-state index >= 15 is 0 Å². The van der Waals surface area contributed by atoms with Gasteiger partial charge in [0, 0.05) is 31.5 Å². The molecule has 1 aromatic rings. The molecule has 0 N–H and O–H groups in total. The average molecular weight is 271 g/mol. The van der Waals surface area contributed by atoms with Gasteiger partial charge in [0.25, 0.3) is 0 Å². The third kappa shape index (κ3) is 1.92. The van der Waals surface area contributed by atoms with Crippen LogP contribution in [-0.2, 0) is 15.1 Å². The van der Waals surface area contributed by atoms with E-state index in [9.17, 15) is 9.59 Å². The van der Waals surface area contributed by atoms with E-state index in [1.54, 1.807) is 17.1 Å². The zero-order valence-corrected chi connectivity index (χ0v) is 11.5. The Labute approximate surface area is 118 Å². The molecule has 2 aliphatic heterocycles. The number of fused-ring (bicyclic) bond motifs is 2. The number of hydrogen-bond donors (Lipinski definition) is 0. The standard InChI is InChI=1S/C16H17NO3/c1-2-5-14(18)17-10-8-16(9-11-17)13-7-4-3-6-12(13)15(19)20-16/h2-7H,8-11H2,1H3/b5-2+. The van der Waals surface area contributed by atoms with E-state index in [-0.39, 0.29) is 11.9 Å². The van der Waals surface area contributed by atoms with Gasteiger partial charge in [-0.25, -0.2) is 4.79 Å². The number of amides is 1. The molecule has 0 aliphatic carbocycles. The molecule has 0 aromatic heterocycles. The molecule has 1 aromatic carbocycles. The van der Waals surface area contributed by atoms with E-state index in [1.165, 1.54) is 0 Å². The van der Waals surface area contributed by atoms with E-state index in [1.807, 2.05) is 31.2 Å². The molecule has 3 rings (SSSR count). The number of carbonyl (C=O) groups is 2. The van der Waals surface area contributed by atoms with Crippen LogP contribution in [0.4, 0.5) is 0 Å². The maximum atomic E-state index is 11.9. The molecule has 1 saturated heterocycles. The molecular formula is C16H17NO3. The van der Waals surface area contributed by atoms with Gasteiger partial charge in [-0.2, -0.15) is 0 Å². The molecule has 1 spiro atoms. The quantitative estimate of drug-likeness (QED) is 0.581. The molecule has 2 heterocycles. The number of likely N-dealkylation sites (tertiary alicyclic amines) is 1. The van der Waals surface area contributed by atoms with Gasteiger partial charge in [-0.3, -0.25) is 4.79 Å². The summed E-state index contributed by atoms with van der Waals surface area (Å²) in [6.45, 7) is 3.06. The van der Waals surface area contributed by atoms with Crippen LogP contribution >= 0.6 is 0 Å². The molecule has 20 heavy (non-hydrogen) atoms. The van der Waals surface area contributed by atoms with Crippen molar-refractivity contribution in [1.82, 2.24) is 4.90 Å². The summed E-state index contributed by atoms with van der Waals surface area (Å²) in [5.74, 6) is -0.214. The maximum Gasteiger partial charge on any atom is 0.339 e. The number of piperidine rings is 1. The second-order valence-corrected chi connectivity index (χ2v) is 5.25. The van der Waals surface area contributed by atoms with Crippen LogP contribution in [0.1, 0.15) is 35.7 Å². The summed E-state index contributed by atoms with van der Waals surface area (Å²) in [6.07, 6.45) is 4.66. The molecule has 2 aliphatic rings. The first-order chi connectivity index (χ1) is 9.66. The first kappa shape index (κ1) is 12.9. The Morgan fingerprint density at radius 1 is 1.30 bits per heavy atom. The zero-order valence-electron chi connectivity index (χ0n) is 11.5. The molecular weight excluding hydrogens is 254 g/mol. The fourth-order valence-corrected chi connectivity index (χ4v) is 3.05. The number of ether oxygens (including phenoxy) is 1. The highest BCUT2D eigenvalue weighted by Crippen LogP contribution is 2.43. The van der Waals surface area contributed by atoms with Gasteiger partial charge in [0.2, 0.25) is 5.91 Å². The largest absolute Gasteiger partial charge is 0.450 e. The molecule has 0 bridgehead atoms. The van der Waals surface area contributed by atoms with Crippen molar-refractivity contribution < 1.29 is 14.3 Å². The smallest absolute Gasteiger partial charge is 0.339 e. The Morgan fingerprint density at radius 3 is 2.70 bits per heavy atom. The molecule has 1 fully saturated rings. The molecule has 0 atom stereocenters. The Bertz CT molecular complexity index is 583. The topological polar surface area (TPSA) is 46.6 Å². The fourth-order valence-electron chi connectivity index (χ4n) is 3.05. The van der Waals surface area contributed by atoms with Crippen molar-refractivity contribution in [3.63, 3.8) is 0 Å². The van der Waals surface area contributed by atoms with Crippen molar-refractivity contribution >= 4 is 11.9 Å². The van der Waals surface area contributed by atoms with Crippen molar-refractivity contribution in [2.45, 2.75) is 25.4 Å². The van der Waals surface area contributed by atoms with Crippen molar-refractivity contribution in [2.24, 2.45) is 0 Å². The Balaban J connectivity index is 1.82. The molecule has 4 nitrogen and oxygen atoms in total. The lowest BCUT2D eigenvalue weighted by molar-refractivity contribution is -0.130. The van der Waals surface area contributed by atoms with Crippen LogP contribution in [0, 0.1) is 0 Å². The van der Waals surface area contributed by atoms with Crippen LogP contribution in [-0.4, -0.2) is 29.9 Å². The second-order valence-electron chi connectivity index (χ2n) is 5.25. The van der Waals surface area contributed by atoms with E-state index in [0.29, 0.717) is 31.5 Å². The monoisotopic (exact) mass is 271 g/mol. The predicted molar refractivity (Wildman–Crippen MR) is 74.2 cm³/mol. The van der Waals surface area contributed by atoms with Gasteiger partial charge < -0.3 is 9.64 Å². The first-order valence-electron chi connectivity index (χ1n) is 6.91. The minimum Gasteiger partial charge on any atom is -0.450 e. The Hall–Kier alpha value is -2.10. The molecule has 4 heteroatoms. The Morgan fingerprint density at radius 2 is 2.00 bits per heavy atom. The predicted octanol–water partition coefficient (Wildman–Crippen LogP) is 2.25. The van der Waals surface area contributed by atoms with Crippen molar-refractivity contribution in [3.8, 4) is 0 Å². The summed E-state index contributed by atoms with van der Waals surface area (Å²) in [4.78, 5) is 25.6. The molecule has 0 radical (unpaired) electrons. The number of benzene rings is 1. The summed E-state index contributed by atoms with van der Waals surface area (Å²) < 4.78 is 5.65. The number of hydrogen-bond acceptors (Lipinski definition) is 3. The van der Waals surface area contributed by atoms with Crippen LogP contribution in [0.2, 0.25) is 0 Å². The van der Waals surface area contributed by atoms with Crippen LogP contribution in [0.3, 0.4) is 0 Å².